The number of anilines is 1. The summed E-state index contributed by atoms with van der Waals surface area (Å²) in [6, 6.07) is 2.76. The number of halogens is 2. The molecule has 2 N–H and O–H groups in total. The third-order valence-electron chi connectivity index (χ3n) is 3.01. The Bertz CT molecular complexity index is 558. The quantitative estimate of drug-likeness (QED) is 0.855. The van der Waals surface area contributed by atoms with Gasteiger partial charge in [-0.15, -0.1) is 24.8 Å². The van der Waals surface area contributed by atoms with E-state index < -0.39 is 9.84 Å². The average molecular weight is 356 g/mol. The van der Waals surface area contributed by atoms with Crippen LogP contribution >= 0.6 is 24.8 Å². The lowest BCUT2D eigenvalue weighted by atomic mass is 10.0. The smallest absolute Gasteiger partial charge is 0.241 e. The van der Waals surface area contributed by atoms with Crippen LogP contribution in [0.25, 0.3) is 0 Å². The van der Waals surface area contributed by atoms with Crippen LogP contribution in [0, 0.1) is 0 Å². The van der Waals surface area contributed by atoms with Gasteiger partial charge in [-0.1, -0.05) is 6.42 Å². The van der Waals surface area contributed by atoms with Gasteiger partial charge in [0.1, 0.15) is 0 Å². The fraction of sp³-hybridized carbons (Fsp3) is 0.500. The van der Waals surface area contributed by atoms with E-state index in [0.717, 1.165) is 32.1 Å². The maximum Gasteiger partial charge on any atom is 0.241 e. The van der Waals surface area contributed by atoms with E-state index in [2.05, 4.69) is 15.6 Å². The Morgan fingerprint density at radius 2 is 2.05 bits per heavy atom. The van der Waals surface area contributed by atoms with Crippen LogP contribution in [0.5, 0.6) is 0 Å². The molecule has 0 spiro atoms. The highest BCUT2D eigenvalue weighted by Gasteiger charge is 2.20. The SMILES string of the molecule is CS(=O)(=O)c1ccc(NC(=O)[C@H]2CCCCN2)cn1.Cl.Cl. The van der Waals surface area contributed by atoms with Crippen LogP contribution < -0.4 is 10.6 Å². The van der Waals surface area contributed by atoms with Gasteiger partial charge < -0.3 is 10.6 Å². The number of nitrogens with one attached hydrogen (secondary N) is 2. The molecule has 6 nitrogen and oxygen atoms in total. The fourth-order valence-corrected chi connectivity index (χ4v) is 2.54. The number of amides is 1. The first-order valence-electron chi connectivity index (χ1n) is 6.17. The Morgan fingerprint density at radius 1 is 1.33 bits per heavy atom. The van der Waals surface area contributed by atoms with Crippen LogP contribution in [-0.4, -0.2) is 38.2 Å². The summed E-state index contributed by atoms with van der Waals surface area (Å²) < 4.78 is 22.5. The summed E-state index contributed by atoms with van der Waals surface area (Å²) in [7, 11) is -3.30. The standard InChI is InChI=1S/C12H17N3O3S.2ClH/c1-19(17,18)11-6-5-9(8-14-11)15-12(16)10-4-2-3-7-13-10;;/h5-6,8,10,13H,2-4,7H2,1H3,(H,15,16);2*1H/t10-;;/m1../s1. The topological polar surface area (TPSA) is 88.2 Å². The highest BCUT2D eigenvalue weighted by molar-refractivity contribution is 7.90. The second kappa shape index (κ2) is 8.53. The van der Waals surface area contributed by atoms with Crippen LogP contribution in [0.1, 0.15) is 19.3 Å². The molecule has 0 saturated carbocycles. The minimum absolute atomic E-state index is 0. The molecule has 0 aromatic carbocycles. The number of pyridine rings is 1. The van der Waals surface area contributed by atoms with E-state index in [4.69, 9.17) is 0 Å². The monoisotopic (exact) mass is 355 g/mol. The maximum absolute atomic E-state index is 11.9. The van der Waals surface area contributed by atoms with Crippen LogP contribution in [0.2, 0.25) is 0 Å². The molecule has 1 saturated heterocycles. The molecule has 1 aliphatic heterocycles. The molecule has 1 aliphatic rings. The molecule has 1 atom stereocenters. The number of aromatic nitrogens is 1. The van der Waals surface area contributed by atoms with E-state index in [1.807, 2.05) is 0 Å². The van der Waals surface area contributed by atoms with Crippen LogP contribution in [0.15, 0.2) is 23.4 Å². The van der Waals surface area contributed by atoms with E-state index >= 15 is 0 Å². The Morgan fingerprint density at radius 3 is 2.52 bits per heavy atom. The number of hydrogen-bond acceptors (Lipinski definition) is 5. The van der Waals surface area contributed by atoms with Crippen molar-refractivity contribution < 1.29 is 13.2 Å². The zero-order chi connectivity index (χ0) is 13.9. The third-order valence-corrected chi connectivity index (χ3v) is 4.01. The zero-order valence-corrected chi connectivity index (χ0v) is 14.0. The molecule has 0 bridgehead atoms. The van der Waals surface area contributed by atoms with Gasteiger partial charge in [0.2, 0.25) is 5.91 Å². The lowest BCUT2D eigenvalue weighted by Crippen LogP contribution is -2.43. The number of piperidine rings is 1. The number of nitrogens with zero attached hydrogens (tertiary/aromatic N) is 1. The zero-order valence-electron chi connectivity index (χ0n) is 11.5. The molecule has 0 radical (unpaired) electrons. The average Bonchev–Trinajstić information content (AvgIpc) is 2.39. The van der Waals surface area contributed by atoms with Crippen molar-refractivity contribution >= 4 is 46.2 Å². The van der Waals surface area contributed by atoms with Gasteiger partial charge in [0.25, 0.3) is 0 Å². The summed E-state index contributed by atoms with van der Waals surface area (Å²) in [5.41, 5.74) is 0.504. The Kier molecular flexibility index (Phi) is 8.17. The number of carbonyl (C=O) groups is 1. The Hall–Kier alpha value is -0.890. The molecular formula is C12H19Cl2N3O3S. The van der Waals surface area contributed by atoms with Crippen molar-refractivity contribution in [1.82, 2.24) is 10.3 Å². The predicted molar refractivity (Wildman–Crippen MR) is 86.1 cm³/mol. The molecule has 9 heteroatoms. The first-order valence-corrected chi connectivity index (χ1v) is 8.06. The molecule has 0 aliphatic carbocycles. The van der Waals surface area contributed by atoms with Crippen molar-refractivity contribution in [2.24, 2.45) is 0 Å². The molecule has 1 fully saturated rings. The molecule has 0 unspecified atom stereocenters. The number of sulfone groups is 1. The van der Waals surface area contributed by atoms with Crippen LogP contribution in [-0.2, 0) is 14.6 Å². The molecule has 120 valence electrons. The van der Waals surface area contributed by atoms with E-state index in [-0.39, 0.29) is 41.8 Å². The summed E-state index contributed by atoms with van der Waals surface area (Å²) in [5.74, 6) is -0.103. The summed E-state index contributed by atoms with van der Waals surface area (Å²) in [6.07, 6.45) is 5.40. The molecular weight excluding hydrogens is 337 g/mol. The molecule has 2 rings (SSSR count). The first kappa shape index (κ1) is 20.1. The first-order chi connectivity index (χ1) is 8.97. The van der Waals surface area contributed by atoms with Gasteiger partial charge in [-0.05, 0) is 31.5 Å². The van der Waals surface area contributed by atoms with Crippen molar-refractivity contribution in [3.05, 3.63) is 18.3 Å². The third kappa shape index (κ3) is 5.78. The van der Waals surface area contributed by atoms with Crippen LogP contribution in [0.3, 0.4) is 0 Å². The van der Waals surface area contributed by atoms with Gasteiger partial charge in [0, 0.05) is 6.26 Å². The second-order valence-corrected chi connectivity index (χ2v) is 6.61. The van der Waals surface area contributed by atoms with Gasteiger partial charge in [0.05, 0.1) is 17.9 Å². The lowest BCUT2D eigenvalue weighted by molar-refractivity contribution is -0.118. The van der Waals surface area contributed by atoms with Crippen molar-refractivity contribution in [2.45, 2.75) is 30.3 Å². The van der Waals surface area contributed by atoms with Crippen LogP contribution in [0.4, 0.5) is 5.69 Å². The highest BCUT2D eigenvalue weighted by Crippen LogP contribution is 2.13. The molecule has 1 aromatic rings. The van der Waals surface area contributed by atoms with Crippen molar-refractivity contribution in [3.63, 3.8) is 0 Å². The number of rotatable bonds is 3. The van der Waals surface area contributed by atoms with Gasteiger partial charge in [-0.2, -0.15) is 0 Å². The van der Waals surface area contributed by atoms with E-state index in [1.54, 1.807) is 6.07 Å². The lowest BCUT2D eigenvalue weighted by Gasteiger charge is -2.22. The summed E-state index contributed by atoms with van der Waals surface area (Å²) >= 11 is 0. The normalized spacial score (nSPS) is 18.0. The second-order valence-electron chi connectivity index (χ2n) is 4.65. The van der Waals surface area contributed by atoms with Gasteiger partial charge in [-0.25, -0.2) is 13.4 Å². The molecule has 2 heterocycles. The Labute approximate surface area is 136 Å². The van der Waals surface area contributed by atoms with Gasteiger partial charge >= 0.3 is 0 Å². The van der Waals surface area contributed by atoms with Crippen molar-refractivity contribution in [2.75, 3.05) is 18.1 Å². The highest BCUT2D eigenvalue weighted by atomic mass is 35.5. The van der Waals surface area contributed by atoms with Crippen molar-refractivity contribution in [3.8, 4) is 0 Å². The summed E-state index contributed by atoms with van der Waals surface area (Å²) in [6.45, 7) is 0.851. The van der Waals surface area contributed by atoms with Crippen molar-refractivity contribution in [1.29, 1.82) is 0 Å². The maximum atomic E-state index is 11.9. The van der Waals surface area contributed by atoms with Gasteiger partial charge in [0.15, 0.2) is 14.9 Å². The minimum atomic E-state index is -3.30. The number of carbonyl (C=O) groups excluding carboxylic acids is 1. The summed E-state index contributed by atoms with van der Waals surface area (Å²) in [4.78, 5) is 15.8. The largest absolute Gasteiger partial charge is 0.323 e. The van der Waals surface area contributed by atoms with E-state index in [9.17, 15) is 13.2 Å². The minimum Gasteiger partial charge on any atom is -0.323 e. The molecule has 21 heavy (non-hydrogen) atoms. The predicted octanol–water partition coefficient (Wildman–Crippen LogP) is 1.41. The summed E-state index contributed by atoms with van der Waals surface area (Å²) in [5, 5.41) is 5.88. The van der Waals surface area contributed by atoms with Gasteiger partial charge in [-0.3, -0.25) is 4.79 Å². The molecule has 1 amide bonds. The Balaban J connectivity index is 0.00000200. The fourth-order valence-electron chi connectivity index (χ4n) is 1.98. The number of hydrogen-bond donors (Lipinski definition) is 2. The van der Waals surface area contributed by atoms with E-state index in [1.165, 1.54) is 12.3 Å². The molecule has 1 aromatic heterocycles. The van der Waals surface area contributed by atoms with E-state index in [0.29, 0.717) is 5.69 Å².